The molecule has 6 nitrogen and oxygen atoms in total. The molecule has 2 aromatic rings. The van der Waals surface area contributed by atoms with Gasteiger partial charge in [0.25, 0.3) is 0 Å². The molecule has 2 heterocycles. The fraction of sp³-hybridized carbons (Fsp3) is 0.600. The van der Waals surface area contributed by atoms with Crippen molar-refractivity contribution in [1.29, 1.82) is 0 Å². The van der Waals surface area contributed by atoms with Gasteiger partial charge in [-0.05, 0) is 39.1 Å². The van der Waals surface area contributed by atoms with Crippen LogP contribution in [0.1, 0.15) is 24.4 Å². The highest BCUT2D eigenvalue weighted by molar-refractivity contribution is 7.98. The van der Waals surface area contributed by atoms with Crippen molar-refractivity contribution in [3.8, 4) is 0 Å². The summed E-state index contributed by atoms with van der Waals surface area (Å²) in [6.07, 6.45) is 2.48. The van der Waals surface area contributed by atoms with E-state index in [1.807, 2.05) is 25.9 Å². The maximum absolute atomic E-state index is 5.80. The van der Waals surface area contributed by atoms with E-state index in [4.69, 9.17) is 4.42 Å². The van der Waals surface area contributed by atoms with Crippen molar-refractivity contribution in [2.45, 2.75) is 31.2 Å². The van der Waals surface area contributed by atoms with E-state index in [0.29, 0.717) is 6.04 Å². The Hall–Kier alpha value is -1.25. The number of hydrogen-bond donors (Lipinski definition) is 2. The van der Waals surface area contributed by atoms with Crippen molar-refractivity contribution < 1.29 is 4.42 Å². The van der Waals surface area contributed by atoms with E-state index < -0.39 is 0 Å². The first-order valence-electron chi connectivity index (χ1n) is 7.84. The van der Waals surface area contributed by atoms with Crippen molar-refractivity contribution in [3.05, 3.63) is 23.7 Å². The summed E-state index contributed by atoms with van der Waals surface area (Å²) in [4.78, 5) is 2.11. The van der Waals surface area contributed by atoms with Crippen molar-refractivity contribution in [3.63, 3.8) is 0 Å². The number of aromatic nitrogens is 2. The number of anilines is 2. The SMILES string of the molecule is CN(C)Cc1ccc(CSCCNc2nsnc2NC2CC2)o1. The van der Waals surface area contributed by atoms with E-state index >= 15 is 0 Å². The van der Waals surface area contributed by atoms with E-state index in [1.54, 1.807) is 0 Å². The third-order valence-corrected chi connectivity index (χ3v) is 4.89. The zero-order chi connectivity index (χ0) is 16.1. The van der Waals surface area contributed by atoms with Gasteiger partial charge in [0.05, 0.1) is 24.0 Å². The molecule has 1 aliphatic carbocycles. The monoisotopic (exact) mass is 353 g/mol. The number of nitrogens with one attached hydrogen (secondary N) is 2. The van der Waals surface area contributed by atoms with Gasteiger partial charge in [0.2, 0.25) is 0 Å². The standard InChI is InChI=1S/C15H23N5OS2/c1-20(2)9-12-5-6-13(21-12)10-22-8-7-16-14-15(19-23-18-14)17-11-3-4-11/h5-6,11H,3-4,7-10H2,1-2H3,(H,16,18)(H,17,19). The number of nitrogens with zero attached hydrogens (tertiary/aromatic N) is 3. The van der Waals surface area contributed by atoms with Crippen LogP contribution in [0.3, 0.4) is 0 Å². The normalized spacial score (nSPS) is 14.4. The Bertz CT molecular complexity index is 609. The van der Waals surface area contributed by atoms with Crippen molar-refractivity contribution >= 4 is 35.1 Å². The topological polar surface area (TPSA) is 66.2 Å². The molecule has 8 heteroatoms. The first kappa shape index (κ1) is 16.6. The molecule has 0 spiro atoms. The number of furan rings is 1. The molecule has 2 aromatic heterocycles. The van der Waals surface area contributed by atoms with E-state index in [0.717, 1.165) is 47.8 Å². The second-order valence-corrected chi connectivity index (χ2v) is 7.60. The molecule has 23 heavy (non-hydrogen) atoms. The summed E-state index contributed by atoms with van der Waals surface area (Å²) in [5, 5.41) is 6.76. The number of thioether (sulfide) groups is 1. The van der Waals surface area contributed by atoms with Crippen LogP contribution in [0.2, 0.25) is 0 Å². The number of hydrogen-bond acceptors (Lipinski definition) is 8. The van der Waals surface area contributed by atoms with Gasteiger partial charge in [0, 0.05) is 18.3 Å². The van der Waals surface area contributed by atoms with Crippen LogP contribution in [0.15, 0.2) is 16.5 Å². The van der Waals surface area contributed by atoms with Gasteiger partial charge in [0.1, 0.15) is 11.5 Å². The molecule has 0 amide bonds. The minimum Gasteiger partial charge on any atom is -0.464 e. The molecule has 2 N–H and O–H groups in total. The molecule has 3 rings (SSSR count). The molecular weight excluding hydrogens is 330 g/mol. The quantitative estimate of drug-likeness (QED) is 0.636. The van der Waals surface area contributed by atoms with Crippen LogP contribution in [0.25, 0.3) is 0 Å². The van der Waals surface area contributed by atoms with Gasteiger partial charge >= 0.3 is 0 Å². The molecule has 0 saturated heterocycles. The van der Waals surface area contributed by atoms with Gasteiger partial charge in [-0.1, -0.05) is 0 Å². The second-order valence-electron chi connectivity index (χ2n) is 5.97. The highest BCUT2D eigenvalue weighted by Crippen LogP contribution is 2.27. The molecule has 1 saturated carbocycles. The smallest absolute Gasteiger partial charge is 0.184 e. The fourth-order valence-corrected chi connectivity index (χ4v) is 3.37. The van der Waals surface area contributed by atoms with E-state index in [9.17, 15) is 0 Å². The second kappa shape index (κ2) is 8.03. The summed E-state index contributed by atoms with van der Waals surface area (Å²) < 4.78 is 14.4. The summed E-state index contributed by atoms with van der Waals surface area (Å²) in [7, 11) is 4.09. The Labute approximate surface area is 145 Å². The molecule has 1 aliphatic rings. The lowest BCUT2D eigenvalue weighted by Gasteiger charge is -2.06. The largest absolute Gasteiger partial charge is 0.464 e. The highest BCUT2D eigenvalue weighted by atomic mass is 32.2. The molecular formula is C15H23N5OS2. The van der Waals surface area contributed by atoms with Crippen LogP contribution in [-0.4, -0.2) is 46.1 Å². The highest BCUT2D eigenvalue weighted by Gasteiger charge is 2.23. The summed E-state index contributed by atoms with van der Waals surface area (Å²) in [5.74, 6) is 5.75. The van der Waals surface area contributed by atoms with E-state index in [1.165, 1.54) is 24.6 Å². The van der Waals surface area contributed by atoms with Crippen LogP contribution < -0.4 is 10.6 Å². The first-order valence-corrected chi connectivity index (χ1v) is 9.72. The van der Waals surface area contributed by atoms with Crippen LogP contribution in [-0.2, 0) is 12.3 Å². The van der Waals surface area contributed by atoms with E-state index in [2.05, 4.69) is 36.4 Å². The van der Waals surface area contributed by atoms with Crippen LogP contribution in [0.5, 0.6) is 0 Å². The third-order valence-electron chi connectivity index (χ3n) is 3.38. The van der Waals surface area contributed by atoms with Crippen molar-refractivity contribution in [2.24, 2.45) is 0 Å². The Kier molecular flexibility index (Phi) is 5.80. The maximum atomic E-state index is 5.80. The van der Waals surface area contributed by atoms with Gasteiger partial charge in [-0.2, -0.15) is 20.5 Å². The van der Waals surface area contributed by atoms with Gasteiger partial charge in [-0.3, -0.25) is 0 Å². The van der Waals surface area contributed by atoms with E-state index in [-0.39, 0.29) is 0 Å². The average Bonchev–Trinajstić information content (AvgIpc) is 3.03. The number of rotatable bonds is 10. The molecule has 0 radical (unpaired) electrons. The molecule has 0 atom stereocenters. The minimum atomic E-state index is 0.601. The minimum absolute atomic E-state index is 0.601. The van der Waals surface area contributed by atoms with Gasteiger partial charge in [-0.15, -0.1) is 0 Å². The Morgan fingerprint density at radius 2 is 2.04 bits per heavy atom. The average molecular weight is 354 g/mol. The lowest BCUT2D eigenvalue weighted by atomic mass is 10.4. The Balaban J connectivity index is 1.34. The maximum Gasteiger partial charge on any atom is 0.184 e. The van der Waals surface area contributed by atoms with Crippen LogP contribution >= 0.6 is 23.5 Å². The van der Waals surface area contributed by atoms with Gasteiger partial charge in [0.15, 0.2) is 11.6 Å². The predicted molar refractivity (Wildman–Crippen MR) is 97.3 cm³/mol. The molecule has 0 aromatic carbocycles. The zero-order valence-corrected chi connectivity index (χ0v) is 15.2. The summed E-state index contributed by atoms with van der Waals surface area (Å²) in [6, 6.07) is 4.73. The first-order chi connectivity index (χ1) is 11.2. The van der Waals surface area contributed by atoms with Gasteiger partial charge in [-0.25, -0.2) is 0 Å². The molecule has 126 valence electrons. The third kappa shape index (κ3) is 5.40. The molecule has 0 aliphatic heterocycles. The predicted octanol–water partition coefficient (Wildman–Crippen LogP) is 3.11. The summed E-state index contributed by atoms with van der Waals surface area (Å²) in [5.41, 5.74) is 0. The summed E-state index contributed by atoms with van der Waals surface area (Å²) in [6.45, 7) is 1.72. The lowest BCUT2D eigenvalue weighted by Crippen LogP contribution is -2.09. The lowest BCUT2D eigenvalue weighted by molar-refractivity contribution is 0.344. The van der Waals surface area contributed by atoms with Crippen LogP contribution in [0.4, 0.5) is 11.6 Å². The molecule has 1 fully saturated rings. The fourth-order valence-electron chi connectivity index (χ4n) is 2.13. The van der Waals surface area contributed by atoms with Crippen LogP contribution in [0, 0.1) is 0 Å². The molecule has 0 bridgehead atoms. The molecule has 0 unspecified atom stereocenters. The Morgan fingerprint density at radius 1 is 1.26 bits per heavy atom. The van der Waals surface area contributed by atoms with Crippen molar-refractivity contribution in [2.75, 3.05) is 37.0 Å². The van der Waals surface area contributed by atoms with Gasteiger partial charge < -0.3 is 20.0 Å². The summed E-state index contributed by atoms with van der Waals surface area (Å²) >= 11 is 3.11. The van der Waals surface area contributed by atoms with Crippen molar-refractivity contribution in [1.82, 2.24) is 13.6 Å². The Morgan fingerprint density at radius 3 is 2.83 bits per heavy atom. The zero-order valence-electron chi connectivity index (χ0n) is 13.5.